The first kappa shape index (κ1) is 50.8. The van der Waals surface area contributed by atoms with Gasteiger partial charge in [-0.3, -0.25) is 9.59 Å². The predicted octanol–water partition coefficient (Wildman–Crippen LogP) is -0.386. The van der Waals surface area contributed by atoms with Crippen LogP contribution in [0.3, 0.4) is 0 Å². The van der Waals surface area contributed by atoms with Crippen molar-refractivity contribution < 1.29 is 118 Å². The maximum absolute atomic E-state index is 14.0. The van der Waals surface area contributed by atoms with Gasteiger partial charge in [-0.2, -0.15) is 6.42 Å². The summed E-state index contributed by atoms with van der Waals surface area (Å²) in [6, 6.07) is 21.4. The number of hydrogen-bond acceptors (Lipinski definition) is 13. The van der Waals surface area contributed by atoms with E-state index in [0.29, 0.717) is 52.7 Å². The molecule has 4 heterocycles. The van der Waals surface area contributed by atoms with Gasteiger partial charge in [0.15, 0.2) is 23.0 Å². The van der Waals surface area contributed by atoms with Crippen LogP contribution in [0.2, 0.25) is 0 Å². The molecule has 8 rings (SSSR count). The molecule has 0 fully saturated rings. The molecular weight excluding hydrogens is 887 g/mol. The molecule has 4 aliphatic heterocycles. The van der Waals surface area contributed by atoms with E-state index < -0.39 is 37.9 Å². The summed E-state index contributed by atoms with van der Waals surface area (Å²) in [7, 11) is -3.37. The molecule has 1 unspecified atom stereocenters. The van der Waals surface area contributed by atoms with E-state index in [-0.39, 0.29) is 103 Å². The molecule has 0 aromatic heterocycles. The molecule has 15 nitrogen and oxygen atoms in total. The average molecular weight is 931 g/mol. The van der Waals surface area contributed by atoms with Crippen LogP contribution < -0.4 is 82.8 Å². The smallest absolute Gasteiger partial charge is 0.748 e. The van der Waals surface area contributed by atoms with E-state index in [0.717, 1.165) is 34.3 Å². The summed E-state index contributed by atoms with van der Waals surface area (Å²) in [4.78, 5) is 31.0. The van der Waals surface area contributed by atoms with Gasteiger partial charge in [0.25, 0.3) is 11.8 Å². The second-order valence-electron chi connectivity index (χ2n) is 15.1. The minimum atomic E-state index is -4.82. The molecular formula is C45H44N2Na2O13S2. The molecule has 0 bridgehead atoms. The third-order valence-corrected chi connectivity index (χ3v) is 12.6. The van der Waals surface area contributed by atoms with Crippen LogP contribution in [0.15, 0.2) is 85.2 Å². The largest absolute Gasteiger partial charge is 1.00 e. The maximum atomic E-state index is 14.0. The molecule has 0 spiro atoms. The van der Waals surface area contributed by atoms with Crippen LogP contribution in [-0.4, -0.2) is 99.1 Å². The normalized spacial score (nSPS) is 18.4. The number of nitrogens with zero attached hydrogens (tertiary/aromatic N) is 2. The first-order chi connectivity index (χ1) is 29.7. The van der Waals surface area contributed by atoms with E-state index in [9.17, 15) is 22.6 Å². The van der Waals surface area contributed by atoms with Gasteiger partial charge in [-0.05, 0) is 90.4 Å². The van der Waals surface area contributed by atoms with Crippen molar-refractivity contribution in [2.75, 3.05) is 34.5 Å². The number of benzene rings is 4. The second kappa shape index (κ2) is 21.9. The van der Waals surface area contributed by atoms with Gasteiger partial charge in [-0.25, -0.2) is 8.42 Å². The van der Waals surface area contributed by atoms with E-state index in [4.69, 9.17) is 36.3 Å². The molecule has 19 heteroatoms. The molecule has 4 aromatic carbocycles. The molecule has 3 atom stereocenters. The van der Waals surface area contributed by atoms with Gasteiger partial charge in [0, 0.05) is 29.9 Å². The van der Waals surface area contributed by atoms with Crippen LogP contribution in [0.5, 0.6) is 28.7 Å². The summed E-state index contributed by atoms with van der Waals surface area (Å²) >= 11 is 0. The second-order valence-corrected chi connectivity index (χ2v) is 17.1. The molecule has 0 radical (unpaired) electrons. The Morgan fingerprint density at radius 1 is 0.688 bits per heavy atom. The van der Waals surface area contributed by atoms with E-state index >= 15 is 0 Å². The molecule has 0 N–H and O–H groups in total. The van der Waals surface area contributed by atoms with Crippen LogP contribution in [0, 0.1) is 13.3 Å². The minimum Gasteiger partial charge on any atom is -0.748 e. The van der Waals surface area contributed by atoms with Crippen LogP contribution in [0.1, 0.15) is 67.8 Å². The molecule has 4 aromatic rings. The van der Waals surface area contributed by atoms with Crippen LogP contribution in [0.4, 0.5) is 0 Å². The van der Waals surface area contributed by atoms with Crippen molar-refractivity contribution in [1.82, 2.24) is 9.80 Å². The zero-order valence-electron chi connectivity index (χ0n) is 36.4. The van der Waals surface area contributed by atoms with Crippen LogP contribution >= 0.6 is 0 Å². The Hall–Kier alpha value is -4.17. The van der Waals surface area contributed by atoms with Gasteiger partial charge in [0.1, 0.15) is 5.75 Å². The van der Waals surface area contributed by atoms with Gasteiger partial charge in [0.05, 0.1) is 56.0 Å². The number of rotatable bonds is 12. The molecule has 0 saturated carbocycles. The number of methoxy groups -OCH3 is 3. The van der Waals surface area contributed by atoms with Gasteiger partial charge < -0.3 is 44.5 Å². The van der Waals surface area contributed by atoms with Crippen molar-refractivity contribution in [3.8, 4) is 28.7 Å². The quantitative estimate of drug-likeness (QED) is 0.0773. The van der Waals surface area contributed by atoms with E-state index in [1.165, 1.54) is 24.7 Å². The topological polar surface area (TPSA) is 195 Å². The van der Waals surface area contributed by atoms with E-state index in [1.807, 2.05) is 29.3 Å². The predicted molar refractivity (Wildman–Crippen MR) is 226 cm³/mol. The Labute approximate surface area is 418 Å². The number of ether oxygens (including phenoxy) is 5. The summed E-state index contributed by atoms with van der Waals surface area (Å²) in [6.07, 6.45) is 7.58. The Balaban J connectivity index is 0.00000123. The Kier molecular flexibility index (Phi) is 17.4. The average Bonchev–Trinajstić information content (AvgIpc) is 3.84. The molecule has 326 valence electrons. The zero-order chi connectivity index (χ0) is 44.3. The summed E-state index contributed by atoms with van der Waals surface area (Å²) < 4.78 is 92.3. The van der Waals surface area contributed by atoms with Crippen molar-refractivity contribution in [2.24, 2.45) is 0 Å². The Morgan fingerprint density at radius 2 is 1.19 bits per heavy atom. The summed E-state index contributed by atoms with van der Waals surface area (Å²) in [5.41, 5.74) is 7.02. The van der Waals surface area contributed by atoms with E-state index in [1.54, 1.807) is 43.6 Å². The van der Waals surface area contributed by atoms with Gasteiger partial charge in [0.2, 0.25) is 0 Å². The molecule has 64 heavy (non-hydrogen) atoms. The summed E-state index contributed by atoms with van der Waals surface area (Å²) in [6.45, 7) is 2.51. The van der Waals surface area contributed by atoms with Crippen molar-refractivity contribution in [3.05, 3.63) is 131 Å². The molecule has 0 aliphatic carbocycles. The summed E-state index contributed by atoms with van der Waals surface area (Å²) in [5.74, 6) is 1.71. The van der Waals surface area contributed by atoms with Crippen LogP contribution in [0.25, 0.3) is 11.1 Å². The Morgan fingerprint density at radius 3 is 1.73 bits per heavy atom. The number of carbonyl (C=O) groups is 2. The standard InChI is InChI=1S/C45H45N2O10S.2Na.O3S/c1-27-6-8-28(9-7-27)32-18-34-13-10-30-20-41(39(54-3)23-36(30)44(48)46(34)25-32)56-16-5-17-57-42-21-31-22-43(58(50,51)52)38-19-33(29-11-14-35(53-2)15-12-29)26-47(38)45(49)37(31)24-40(42)55-4;;;1-4(2)3/h6-9,11-15,20-21,23-26,34,38,43H,5,10,16-19,22H2,1-4H3,(H,50,51,52);;;/q-1;2*+1;/p-1/t34-,38+,43?;;;/m1.../s1. The number of aryl methyl sites for hydroxylation is 1. The third-order valence-electron chi connectivity index (χ3n) is 11.4. The van der Waals surface area contributed by atoms with Gasteiger partial charge in [-0.15, -0.1) is 12.6 Å². The monoisotopic (exact) mass is 930 g/mol. The number of fused-ring (bicyclic) bond motifs is 4. The molecule has 0 saturated heterocycles. The summed E-state index contributed by atoms with van der Waals surface area (Å²) in [5, 5.41) is -1.38. The van der Waals surface area contributed by atoms with Gasteiger partial charge in [-0.1, -0.05) is 53.6 Å². The first-order valence-electron chi connectivity index (χ1n) is 19.7. The van der Waals surface area contributed by atoms with Crippen molar-refractivity contribution in [3.63, 3.8) is 0 Å². The maximum Gasteiger partial charge on any atom is 1.00 e. The fourth-order valence-electron chi connectivity index (χ4n) is 8.26. The fourth-order valence-corrected chi connectivity index (χ4v) is 9.26. The first-order valence-corrected chi connectivity index (χ1v) is 22.2. The van der Waals surface area contributed by atoms with Crippen LogP contribution in [-0.2, 0) is 33.6 Å². The molecule has 4 aliphatic rings. The van der Waals surface area contributed by atoms with E-state index in [2.05, 4.69) is 37.6 Å². The third kappa shape index (κ3) is 11.3. The number of amides is 2. The van der Waals surface area contributed by atoms with Gasteiger partial charge >= 0.3 is 69.7 Å². The van der Waals surface area contributed by atoms with Crippen molar-refractivity contribution in [1.29, 1.82) is 0 Å². The number of hydrogen-bond donors (Lipinski definition) is 0. The Bertz CT molecular complexity index is 2670. The number of carbonyl (C=O) groups excluding carboxylic acids is 2. The minimum absolute atomic E-state index is 0. The SMILES string of the molecule is COc1ccc(C2=CN3C(=O)c4cc(OC)c(OCCCOc5cc6c(cc5OC)C(=O)N5C=C(c7ccc(C)cc7)C[C@H]5[CH-]C6)cc4CC(S(=O)(=O)[O-])[C@@H]3C2)cc1.O=S(=O)=O.[Na+].[Na+]. The molecule has 2 amide bonds. The van der Waals surface area contributed by atoms with Crippen molar-refractivity contribution >= 4 is 43.7 Å². The fraction of sp³-hybridized carbons (Fsp3) is 0.311. The van der Waals surface area contributed by atoms with Crippen molar-refractivity contribution in [2.45, 2.75) is 56.4 Å². The zero-order valence-corrected chi connectivity index (χ0v) is 42.0.